The molecular formula is C12H12N2O3. The third kappa shape index (κ3) is 2.13. The molecule has 17 heavy (non-hydrogen) atoms. The van der Waals surface area contributed by atoms with Crippen LogP contribution in [0.25, 0.3) is 0 Å². The number of aromatic nitrogens is 2. The third-order valence-corrected chi connectivity index (χ3v) is 2.45. The van der Waals surface area contributed by atoms with Crippen molar-refractivity contribution in [2.75, 3.05) is 0 Å². The Morgan fingerprint density at radius 1 is 1.41 bits per heavy atom. The Morgan fingerprint density at radius 2 is 2.18 bits per heavy atom. The fourth-order valence-electron chi connectivity index (χ4n) is 1.36. The second-order valence-electron chi connectivity index (χ2n) is 3.65. The average Bonchev–Trinajstić information content (AvgIpc) is 2.31. The van der Waals surface area contributed by atoms with Crippen LogP contribution in [0.5, 0.6) is 17.4 Å². The van der Waals surface area contributed by atoms with Gasteiger partial charge >= 0.3 is 5.56 Å². The van der Waals surface area contributed by atoms with E-state index < -0.39 is 0 Å². The van der Waals surface area contributed by atoms with E-state index in [9.17, 15) is 9.90 Å². The quantitative estimate of drug-likeness (QED) is 0.853. The second kappa shape index (κ2) is 4.29. The molecule has 1 N–H and O–H groups in total. The van der Waals surface area contributed by atoms with E-state index in [4.69, 9.17) is 4.74 Å². The highest BCUT2D eigenvalue weighted by Crippen LogP contribution is 2.28. The van der Waals surface area contributed by atoms with Crippen molar-refractivity contribution in [2.24, 2.45) is 7.05 Å². The van der Waals surface area contributed by atoms with Crippen LogP contribution >= 0.6 is 0 Å². The minimum absolute atomic E-state index is 0.0105. The van der Waals surface area contributed by atoms with E-state index in [1.165, 1.54) is 10.8 Å². The summed E-state index contributed by atoms with van der Waals surface area (Å²) in [4.78, 5) is 15.6. The van der Waals surface area contributed by atoms with Crippen LogP contribution in [-0.4, -0.2) is 14.7 Å². The van der Waals surface area contributed by atoms with Crippen molar-refractivity contribution in [1.82, 2.24) is 9.55 Å². The standard InChI is InChI=1S/C12H12N2O3/c1-8-9(15)4-3-5-10(8)17-11-12(16)14(2)7-6-13-11/h3-7,15H,1-2H3. The molecule has 0 atom stereocenters. The Morgan fingerprint density at radius 3 is 2.94 bits per heavy atom. The van der Waals surface area contributed by atoms with Crippen LogP contribution in [0, 0.1) is 6.92 Å². The minimum atomic E-state index is -0.324. The lowest BCUT2D eigenvalue weighted by Crippen LogP contribution is -2.18. The molecule has 0 aliphatic rings. The number of nitrogens with zero attached hydrogens (tertiary/aromatic N) is 2. The van der Waals surface area contributed by atoms with Crippen molar-refractivity contribution in [3.8, 4) is 17.4 Å². The van der Waals surface area contributed by atoms with Crippen molar-refractivity contribution in [3.63, 3.8) is 0 Å². The predicted octanol–water partition coefficient (Wildman–Crippen LogP) is 1.59. The van der Waals surface area contributed by atoms with Crippen LogP contribution in [0.3, 0.4) is 0 Å². The first-order valence-corrected chi connectivity index (χ1v) is 5.07. The summed E-state index contributed by atoms with van der Waals surface area (Å²) in [5.41, 5.74) is 0.246. The molecule has 0 aliphatic heterocycles. The Kier molecular flexibility index (Phi) is 2.82. The van der Waals surface area contributed by atoms with Crippen LogP contribution in [0.2, 0.25) is 0 Å². The van der Waals surface area contributed by atoms with Crippen molar-refractivity contribution >= 4 is 0 Å². The predicted molar refractivity (Wildman–Crippen MR) is 62.4 cm³/mol. The molecule has 0 amide bonds. The number of phenols is 1. The first-order valence-electron chi connectivity index (χ1n) is 5.07. The molecule has 0 saturated carbocycles. The molecule has 88 valence electrons. The molecule has 0 fully saturated rings. The maximum absolute atomic E-state index is 11.7. The number of benzene rings is 1. The smallest absolute Gasteiger partial charge is 0.313 e. The van der Waals surface area contributed by atoms with Gasteiger partial charge in [-0.25, -0.2) is 4.98 Å². The molecule has 0 saturated heterocycles. The summed E-state index contributed by atoms with van der Waals surface area (Å²) in [6.07, 6.45) is 3.03. The third-order valence-electron chi connectivity index (χ3n) is 2.45. The van der Waals surface area contributed by atoms with Gasteiger partial charge in [0.25, 0.3) is 5.88 Å². The van der Waals surface area contributed by atoms with Gasteiger partial charge in [-0.1, -0.05) is 6.07 Å². The molecule has 0 aliphatic carbocycles. The Balaban J connectivity index is 2.42. The Hall–Kier alpha value is -2.30. The zero-order valence-corrected chi connectivity index (χ0v) is 9.54. The number of hydrogen-bond donors (Lipinski definition) is 1. The van der Waals surface area contributed by atoms with E-state index in [-0.39, 0.29) is 17.2 Å². The minimum Gasteiger partial charge on any atom is -0.508 e. The van der Waals surface area contributed by atoms with Gasteiger partial charge in [0.2, 0.25) is 0 Å². The lowest BCUT2D eigenvalue weighted by Gasteiger charge is -2.08. The molecule has 0 spiro atoms. The number of rotatable bonds is 2. The van der Waals surface area contributed by atoms with Crippen molar-refractivity contribution in [2.45, 2.75) is 6.92 Å². The second-order valence-corrected chi connectivity index (χ2v) is 3.65. The highest BCUT2D eigenvalue weighted by molar-refractivity contribution is 5.43. The fraction of sp³-hybridized carbons (Fsp3) is 0.167. The maximum Gasteiger partial charge on any atom is 0.313 e. The van der Waals surface area contributed by atoms with Crippen LogP contribution in [0.15, 0.2) is 35.4 Å². The monoisotopic (exact) mass is 232 g/mol. The van der Waals surface area contributed by atoms with Crippen LogP contribution in [-0.2, 0) is 7.05 Å². The lowest BCUT2D eigenvalue weighted by atomic mass is 10.2. The first-order chi connectivity index (χ1) is 8.09. The molecule has 0 unspecified atom stereocenters. The van der Waals surface area contributed by atoms with Crippen molar-refractivity contribution in [1.29, 1.82) is 0 Å². The molecule has 5 nitrogen and oxygen atoms in total. The summed E-state index contributed by atoms with van der Waals surface area (Å²) in [7, 11) is 1.62. The van der Waals surface area contributed by atoms with E-state index >= 15 is 0 Å². The molecule has 1 heterocycles. The maximum atomic E-state index is 11.7. The summed E-state index contributed by atoms with van der Waals surface area (Å²) in [5.74, 6) is 0.528. The number of aromatic hydroxyl groups is 1. The van der Waals surface area contributed by atoms with E-state index in [0.717, 1.165) is 0 Å². The first kappa shape index (κ1) is 11.2. The summed E-state index contributed by atoms with van der Waals surface area (Å²) in [5, 5.41) is 9.52. The SMILES string of the molecule is Cc1c(O)cccc1Oc1nccn(C)c1=O. The number of phenolic OH excluding ortho intramolecular Hbond substituents is 1. The Labute approximate surface area is 97.9 Å². The van der Waals surface area contributed by atoms with Gasteiger partial charge in [-0.2, -0.15) is 0 Å². The molecule has 5 heteroatoms. The van der Waals surface area contributed by atoms with Crippen LogP contribution in [0.4, 0.5) is 0 Å². The fourth-order valence-corrected chi connectivity index (χ4v) is 1.36. The summed E-state index contributed by atoms with van der Waals surface area (Å²) in [6.45, 7) is 1.71. The van der Waals surface area contributed by atoms with Gasteiger partial charge in [0.1, 0.15) is 11.5 Å². The van der Waals surface area contributed by atoms with E-state index in [0.29, 0.717) is 11.3 Å². The summed E-state index contributed by atoms with van der Waals surface area (Å²) >= 11 is 0. The number of ether oxygens (including phenoxy) is 1. The van der Waals surface area contributed by atoms with E-state index in [1.807, 2.05) is 0 Å². The van der Waals surface area contributed by atoms with E-state index in [1.54, 1.807) is 38.4 Å². The highest BCUT2D eigenvalue weighted by Gasteiger charge is 2.09. The van der Waals surface area contributed by atoms with Gasteiger partial charge < -0.3 is 14.4 Å². The van der Waals surface area contributed by atoms with Crippen molar-refractivity contribution in [3.05, 3.63) is 46.5 Å². The topological polar surface area (TPSA) is 64.3 Å². The van der Waals surface area contributed by atoms with E-state index in [2.05, 4.69) is 4.98 Å². The van der Waals surface area contributed by atoms with Crippen LogP contribution < -0.4 is 10.3 Å². The molecular weight excluding hydrogens is 220 g/mol. The van der Waals surface area contributed by atoms with Gasteiger partial charge in [-0.3, -0.25) is 4.79 Å². The molecule has 2 aromatic rings. The van der Waals surface area contributed by atoms with Crippen molar-refractivity contribution < 1.29 is 9.84 Å². The normalized spacial score (nSPS) is 10.2. The molecule has 1 aromatic carbocycles. The Bertz CT molecular complexity index is 605. The van der Waals surface area contributed by atoms with Gasteiger partial charge in [0.05, 0.1) is 0 Å². The number of hydrogen-bond acceptors (Lipinski definition) is 4. The molecule has 1 aromatic heterocycles. The van der Waals surface area contributed by atoms with Gasteiger partial charge in [0, 0.05) is 25.0 Å². The summed E-state index contributed by atoms with van der Waals surface area (Å²) < 4.78 is 6.77. The van der Waals surface area contributed by atoms with Gasteiger partial charge in [0.15, 0.2) is 0 Å². The summed E-state index contributed by atoms with van der Waals surface area (Å²) in [6, 6.07) is 4.87. The molecule has 2 rings (SSSR count). The average molecular weight is 232 g/mol. The van der Waals surface area contributed by atoms with Gasteiger partial charge in [-0.15, -0.1) is 0 Å². The molecule has 0 bridgehead atoms. The van der Waals surface area contributed by atoms with Crippen LogP contribution in [0.1, 0.15) is 5.56 Å². The molecule has 0 radical (unpaired) electrons. The zero-order chi connectivity index (χ0) is 12.4. The van der Waals surface area contributed by atoms with Gasteiger partial charge in [-0.05, 0) is 19.1 Å². The number of aryl methyl sites for hydroxylation is 1. The highest BCUT2D eigenvalue weighted by atomic mass is 16.5. The lowest BCUT2D eigenvalue weighted by molar-refractivity contribution is 0.430. The zero-order valence-electron chi connectivity index (χ0n) is 9.54. The largest absolute Gasteiger partial charge is 0.508 e.